The molecule has 1 amide bonds. The Morgan fingerprint density at radius 2 is 1.79 bits per heavy atom. The zero-order chi connectivity index (χ0) is 20.4. The monoisotopic (exact) mass is 385 g/mol. The second-order valence-corrected chi connectivity index (χ2v) is 7.49. The summed E-state index contributed by atoms with van der Waals surface area (Å²) in [4.78, 5) is 24.5. The highest BCUT2D eigenvalue weighted by Gasteiger charge is 2.46. The molecule has 146 valence electrons. The zero-order valence-corrected chi connectivity index (χ0v) is 16.6. The van der Waals surface area contributed by atoms with Crippen LogP contribution in [0.15, 0.2) is 66.7 Å². The van der Waals surface area contributed by atoms with Gasteiger partial charge in [-0.1, -0.05) is 54.6 Å². The Morgan fingerprint density at radius 3 is 2.55 bits per heavy atom. The van der Waals surface area contributed by atoms with Crippen LogP contribution in [0.5, 0.6) is 0 Å². The first-order valence-corrected chi connectivity index (χ1v) is 9.70. The van der Waals surface area contributed by atoms with Gasteiger partial charge in [0.2, 0.25) is 0 Å². The van der Waals surface area contributed by atoms with Crippen LogP contribution in [0.2, 0.25) is 0 Å². The van der Waals surface area contributed by atoms with Crippen molar-refractivity contribution in [3.05, 3.63) is 89.0 Å². The van der Waals surface area contributed by atoms with Crippen molar-refractivity contribution in [3.8, 4) is 0 Å². The molecule has 0 heterocycles. The highest BCUT2D eigenvalue weighted by atomic mass is 16.5. The van der Waals surface area contributed by atoms with E-state index >= 15 is 0 Å². The second kappa shape index (κ2) is 7.55. The highest BCUT2D eigenvalue weighted by molar-refractivity contribution is 5.98. The molecule has 0 saturated heterocycles. The third-order valence-corrected chi connectivity index (χ3v) is 5.53. The number of esters is 1. The summed E-state index contributed by atoms with van der Waals surface area (Å²) in [6.45, 7) is 1.92. The smallest absolute Gasteiger partial charge is 0.330 e. The van der Waals surface area contributed by atoms with Crippen molar-refractivity contribution in [1.82, 2.24) is 5.32 Å². The van der Waals surface area contributed by atoms with Crippen LogP contribution in [0.25, 0.3) is 16.8 Å². The minimum absolute atomic E-state index is 0.0961. The van der Waals surface area contributed by atoms with Gasteiger partial charge in [0.15, 0.2) is 0 Å². The molecule has 1 aliphatic rings. The highest BCUT2D eigenvalue weighted by Crippen LogP contribution is 2.48. The van der Waals surface area contributed by atoms with Gasteiger partial charge in [0.05, 0.1) is 12.6 Å². The van der Waals surface area contributed by atoms with Gasteiger partial charge in [-0.25, -0.2) is 4.79 Å². The molecule has 1 fully saturated rings. The number of ether oxygens (including phenoxy) is 1. The quantitative estimate of drug-likeness (QED) is 0.509. The number of methoxy groups -OCH3 is 1. The van der Waals surface area contributed by atoms with Crippen molar-refractivity contribution in [1.29, 1.82) is 0 Å². The van der Waals surface area contributed by atoms with Crippen molar-refractivity contribution in [3.63, 3.8) is 0 Å². The molecule has 29 heavy (non-hydrogen) atoms. The maximum absolute atomic E-state index is 13.2. The molecular formula is C25H23NO3. The average Bonchev–Trinajstić information content (AvgIpc) is 3.52. The molecule has 0 radical (unpaired) electrons. The lowest BCUT2D eigenvalue weighted by Crippen LogP contribution is -2.35. The predicted molar refractivity (Wildman–Crippen MR) is 115 cm³/mol. The number of rotatable bonds is 5. The zero-order valence-electron chi connectivity index (χ0n) is 16.6. The normalized spacial score (nSPS) is 14.7. The molecule has 1 aliphatic carbocycles. The van der Waals surface area contributed by atoms with Crippen LogP contribution in [-0.2, 0) is 15.1 Å². The van der Waals surface area contributed by atoms with Crippen molar-refractivity contribution in [2.45, 2.75) is 25.3 Å². The molecule has 0 spiro atoms. The van der Waals surface area contributed by atoms with Gasteiger partial charge >= 0.3 is 5.97 Å². The molecule has 3 aromatic rings. The maximum Gasteiger partial charge on any atom is 0.330 e. The fraction of sp³-hybridized carbons (Fsp3) is 0.200. The van der Waals surface area contributed by atoms with Crippen LogP contribution >= 0.6 is 0 Å². The second-order valence-electron chi connectivity index (χ2n) is 7.49. The minimum Gasteiger partial charge on any atom is -0.466 e. The molecule has 0 unspecified atom stereocenters. The van der Waals surface area contributed by atoms with Gasteiger partial charge < -0.3 is 10.1 Å². The van der Waals surface area contributed by atoms with Gasteiger partial charge in [-0.05, 0) is 59.4 Å². The summed E-state index contributed by atoms with van der Waals surface area (Å²) in [6, 6.07) is 20.1. The Kier molecular flexibility index (Phi) is 4.93. The minimum atomic E-state index is -0.426. The number of carbonyl (C=O) groups is 2. The van der Waals surface area contributed by atoms with Crippen LogP contribution in [0, 0.1) is 6.92 Å². The fourth-order valence-corrected chi connectivity index (χ4v) is 3.73. The number of nitrogens with one attached hydrogen (secondary N) is 1. The van der Waals surface area contributed by atoms with Gasteiger partial charge in [-0.2, -0.15) is 0 Å². The van der Waals surface area contributed by atoms with Crippen LogP contribution in [0.4, 0.5) is 0 Å². The molecule has 3 aromatic carbocycles. The first kappa shape index (κ1) is 18.9. The molecule has 0 aromatic heterocycles. The molecule has 0 bridgehead atoms. The standard InChI is InChI=1S/C25H23NO3/c1-17-10-11-18(12-13-23(27)29-2)16-21(17)24(28)26-25(14-15-25)22-9-5-7-19-6-3-4-8-20(19)22/h3-13,16H,14-15H2,1-2H3,(H,26,28)/b13-12+. The Bertz CT molecular complexity index is 1120. The van der Waals surface area contributed by atoms with Gasteiger partial charge in [0.25, 0.3) is 5.91 Å². The van der Waals surface area contributed by atoms with Gasteiger partial charge in [-0.3, -0.25) is 4.79 Å². The maximum atomic E-state index is 13.2. The van der Waals surface area contributed by atoms with E-state index in [0.29, 0.717) is 5.56 Å². The fourth-order valence-electron chi connectivity index (χ4n) is 3.73. The van der Waals surface area contributed by atoms with E-state index < -0.39 is 5.97 Å². The van der Waals surface area contributed by atoms with E-state index in [4.69, 9.17) is 0 Å². The Morgan fingerprint density at radius 1 is 1.03 bits per heavy atom. The van der Waals surface area contributed by atoms with Crippen LogP contribution in [0.3, 0.4) is 0 Å². The average molecular weight is 385 g/mol. The predicted octanol–water partition coefficient (Wildman–Crippen LogP) is 4.75. The first-order chi connectivity index (χ1) is 14.0. The third kappa shape index (κ3) is 3.79. The molecule has 1 N–H and O–H groups in total. The van der Waals surface area contributed by atoms with Crippen LogP contribution in [-0.4, -0.2) is 19.0 Å². The molecule has 4 heteroatoms. The van der Waals surface area contributed by atoms with Crippen LogP contribution in [0.1, 0.15) is 39.9 Å². The lowest BCUT2D eigenvalue weighted by atomic mass is 9.96. The lowest BCUT2D eigenvalue weighted by molar-refractivity contribution is -0.134. The molecule has 4 rings (SSSR count). The summed E-state index contributed by atoms with van der Waals surface area (Å²) >= 11 is 0. The van der Waals surface area contributed by atoms with Crippen molar-refractivity contribution < 1.29 is 14.3 Å². The number of hydrogen-bond donors (Lipinski definition) is 1. The number of carbonyl (C=O) groups excluding carboxylic acids is 2. The van der Waals surface area contributed by atoms with Crippen molar-refractivity contribution >= 4 is 28.7 Å². The van der Waals surface area contributed by atoms with Gasteiger partial charge in [0.1, 0.15) is 0 Å². The van der Waals surface area contributed by atoms with E-state index in [9.17, 15) is 9.59 Å². The van der Waals surface area contributed by atoms with Crippen molar-refractivity contribution in [2.75, 3.05) is 7.11 Å². The number of benzene rings is 3. The topological polar surface area (TPSA) is 55.4 Å². The molecule has 4 nitrogen and oxygen atoms in total. The largest absolute Gasteiger partial charge is 0.466 e. The van der Waals surface area contributed by atoms with Crippen molar-refractivity contribution in [2.24, 2.45) is 0 Å². The first-order valence-electron chi connectivity index (χ1n) is 9.70. The summed E-state index contributed by atoms with van der Waals surface area (Å²) in [5, 5.41) is 5.64. The summed E-state index contributed by atoms with van der Waals surface area (Å²) < 4.78 is 4.63. The number of aryl methyl sites for hydroxylation is 1. The number of amides is 1. The Balaban J connectivity index is 1.62. The molecule has 0 aliphatic heterocycles. The van der Waals surface area contributed by atoms with Gasteiger partial charge in [-0.15, -0.1) is 0 Å². The Labute approximate surface area is 170 Å². The van der Waals surface area contributed by atoms with E-state index in [-0.39, 0.29) is 11.4 Å². The molecular weight excluding hydrogens is 362 g/mol. The summed E-state index contributed by atoms with van der Waals surface area (Å²) in [6.07, 6.45) is 4.85. The van der Waals surface area contributed by atoms with E-state index in [1.54, 1.807) is 6.08 Å². The SMILES string of the molecule is COC(=O)/C=C/c1ccc(C)c(C(=O)NC2(c3cccc4ccccc34)CC2)c1. The van der Waals surface area contributed by atoms with E-state index in [2.05, 4.69) is 34.3 Å². The number of fused-ring (bicyclic) bond motifs is 1. The van der Waals surface area contributed by atoms with E-state index in [1.807, 2.05) is 43.3 Å². The molecule has 0 atom stereocenters. The number of hydrogen-bond acceptors (Lipinski definition) is 3. The summed E-state index contributed by atoms with van der Waals surface area (Å²) in [7, 11) is 1.34. The lowest BCUT2D eigenvalue weighted by Gasteiger charge is -2.21. The summed E-state index contributed by atoms with van der Waals surface area (Å²) in [5.74, 6) is -0.522. The van der Waals surface area contributed by atoms with Crippen LogP contribution < -0.4 is 5.32 Å². The van der Waals surface area contributed by atoms with E-state index in [1.165, 1.54) is 29.5 Å². The summed E-state index contributed by atoms with van der Waals surface area (Å²) in [5.41, 5.74) is 3.14. The third-order valence-electron chi connectivity index (χ3n) is 5.53. The van der Waals surface area contributed by atoms with Gasteiger partial charge in [0, 0.05) is 11.6 Å². The molecule has 1 saturated carbocycles. The Hall–Kier alpha value is -3.40. The van der Waals surface area contributed by atoms with E-state index in [0.717, 1.165) is 24.0 Å².